The average Bonchev–Trinajstić information content (AvgIpc) is 3.21. The molecule has 0 fully saturated rings. The fraction of sp³-hybridized carbons (Fsp3) is 0.320. The van der Waals surface area contributed by atoms with Gasteiger partial charge in [0.15, 0.2) is 17.2 Å². The normalized spacial score (nSPS) is 13.3. The van der Waals surface area contributed by atoms with Crippen molar-refractivity contribution < 1.29 is 23.5 Å². The summed E-state index contributed by atoms with van der Waals surface area (Å²) in [5.74, 6) is 0.280. The monoisotopic (exact) mass is 466 g/mol. The van der Waals surface area contributed by atoms with Crippen molar-refractivity contribution in [3.05, 3.63) is 76.9 Å². The largest absolute Gasteiger partial charge is 0.493 e. The molecule has 1 aliphatic rings. The molecule has 0 radical (unpaired) electrons. The van der Waals surface area contributed by atoms with E-state index >= 15 is 0 Å². The Morgan fingerprint density at radius 2 is 1.97 bits per heavy atom. The van der Waals surface area contributed by atoms with Crippen LogP contribution in [-0.2, 0) is 19.6 Å². The zero-order chi connectivity index (χ0) is 24.1. The van der Waals surface area contributed by atoms with Crippen LogP contribution in [0.3, 0.4) is 0 Å². The summed E-state index contributed by atoms with van der Waals surface area (Å²) in [6.45, 7) is 4.03. The molecule has 2 aromatic carbocycles. The van der Waals surface area contributed by atoms with Crippen LogP contribution >= 0.6 is 0 Å². The lowest BCUT2D eigenvalue weighted by molar-refractivity contribution is 0.0745. The predicted octanol–water partition coefficient (Wildman–Crippen LogP) is 3.41. The number of hydrogen-bond acceptors (Lipinski definition) is 5. The highest BCUT2D eigenvalue weighted by Crippen LogP contribution is 2.28. The summed E-state index contributed by atoms with van der Waals surface area (Å²) in [4.78, 5) is 27.5. The van der Waals surface area contributed by atoms with Crippen molar-refractivity contribution in [3.8, 4) is 11.5 Å². The Morgan fingerprint density at radius 3 is 2.74 bits per heavy atom. The molecule has 178 valence electrons. The summed E-state index contributed by atoms with van der Waals surface area (Å²) >= 11 is 0. The Balaban J connectivity index is 1.44. The van der Waals surface area contributed by atoms with Crippen LogP contribution < -0.4 is 14.8 Å². The second kappa shape index (κ2) is 10.4. The van der Waals surface area contributed by atoms with Gasteiger partial charge < -0.3 is 19.7 Å². The van der Waals surface area contributed by atoms with E-state index in [1.54, 1.807) is 41.0 Å². The fourth-order valence-electron chi connectivity index (χ4n) is 3.92. The van der Waals surface area contributed by atoms with Crippen molar-refractivity contribution >= 4 is 11.8 Å². The number of nitrogens with zero attached hydrogens (tertiary/aromatic N) is 3. The molecule has 0 spiro atoms. The molecule has 9 heteroatoms. The van der Waals surface area contributed by atoms with E-state index < -0.39 is 0 Å². The third-order valence-electron chi connectivity index (χ3n) is 5.56. The molecule has 0 saturated carbocycles. The molecule has 0 unspecified atom stereocenters. The van der Waals surface area contributed by atoms with Gasteiger partial charge in [-0.3, -0.25) is 14.3 Å². The highest BCUT2D eigenvalue weighted by molar-refractivity contribution is 5.98. The molecule has 2 amide bonds. The van der Waals surface area contributed by atoms with E-state index in [2.05, 4.69) is 10.4 Å². The number of hydrogen-bond donors (Lipinski definition) is 1. The highest BCUT2D eigenvalue weighted by Gasteiger charge is 2.26. The molecule has 8 nitrogen and oxygen atoms in total. The molecule has 3 aromatic rings. The van der Waals surface area contributed by atoms with Crippen LogP contribution in [-0.4, -0.2) is 46.8 Å². The van der Waals surface area contributed by atoms with E-state index in [9.17, 15) is 14.0 Å². The number of aromatic nitrogens is 2. The number of methoxy groups -OCH3 is 1. The first-order valence-corrected chi connectivity index (χ1v) is 11.2. The molecule has 0 atom stereocenters. The van der Waals surface area contributed by atoms with Gasteiger partial charge in [0.25, 0.3) is 11.8 Å². The molecule has 0 bridgehead atoms. The van der Waals surface area contributed by atoms with Gasteiger partial charge in [-0.1, -0.05) is 18.2 Å². The number of rotatable bonds is 8. The summed E-state index contributed by atoms with van der Waals surface area (Å²) in [5, 5.41) is 7.19. The minimum atomic E-state index is -0.377. The number of fused-ring (bicyclic) bond motifs is 1. The number of nitrogens with one attached hydrogen (secondary N) is 1. The summed E-state index contributed by atoms with van der Waals surface area (Å²) in [6, 6.07) is 13.2. The van der Waals surface area contributed by atoms with Crippen LogP contribution in [0.2, 0.25) is 0 Å². The molecular formula is C25H27FN4O4. The molecule has 0 aliphatic carbocycles. The van der Waals surface area contributed by atoms with Gasteiger partial charge in [0.1, 0.15) is 11.5 Å². The van der Waals surface area contributed by atoms with Gasteiger partial charge in [-0.25, -0.2) is 4.39 Å². The zero-order valence-electron chi connectivity index (χ0n) is 19.2. The molecular weight excluding hydrogens is 439 g/mol. The molecule has 1 aliphatic heterocycles. The maximum absolute atomic E-state index is 13.5. The number of ether oxygens (including phenoxy) is 2. The topological polar surface area (TPSA) is 85.7 Å². The van der Waals surface area contributed by atoms with E-state index in [-0.39, 0.29) is 29.9 Å². The Labute approximate surface area is 197 Å². The van der Waals surface area contributed by atoms with Crippen molar-refractivity contribution in [1.82, 2.24) is 20.0 Å². The second-order valence-electron chi connectivity index (χ2n) is 7.95. The quantitative estimate of drug-likeness (QED) is 0.550. The number of benzene rings is 2. The zero-order valence-corrected chi connectivity index (χ0v) is 19.2. The van der Waals surface area contributed by atoms with E-state index in [0.717, 1.165) is 5.56 Å². The SMILES string of the molecule is CCOc1ccc(CNC(=O)c2cc3n(n2)CCCN(Cc2cccc(F)c2)C3=O)cc1OC. The molecule has 1 N–H and O–H groups in total. The van der Waals surface area contributed by atoms with Gasteiger partial charge >= 0.3 is 0 Å². The maximum Gasteiger partial charge on any atom is 0.272 e. The first-order valence-electron chi connectivity index (χ1n) is 11.2. The highest BCUT2D eigenvalue weighted by atomic mass is 19.1. The van der Waals surface area contributed by atoms with E-state index in [4.69, 9.17) is 9.47 Å². The number of aryl methyl sites for hydroxylation is 1. The van der Waals surface area contributed by atoms with Crippen LogP contribution in [0.5, 0.6) is 11.5 Å². The van der Waals surface area contributed by atoms with E-state index in [1.807, 2.05) is 13.0 Å². The smallest absolute Gasteiger partial charge is 0.272 e. The van der Waals surface area contributed by atoms with Gasteiger partial charge in [-0.2, -0.15) is 5.10 Å². The Kier molecular flexibility index (Phi) is 7.10. The Hall–Kier alpha value is -3.88. The van der Waals surface area contributed by atoms with Gasteiger partial charge in [0, 0.05) is 32.2 Å². The van der Waals surface area contributed by atoms with Gasteiger partial charge in [0.2, 0.25) is 0 Å². The molecule has 0 saturated heterocycles. The van der Waals surface area contributed by atoms with Crippen molar-refractivity contribution in [3.63, 3.8) is 0 Å². The van der Waals surface area contributed by atoms with Crippen LogP contribution in [0.25, 0.3) is 0 Å². The van der Waals surface area contributed by atoms with E-state index in [1.165, 1.54) is 18.2 Å². The number of carbonyl (C=O) groups is 2. The average molecular weight is 467 g/mol. The van der Waals surface area contributed by atoms with Crippen LogP contribution in [0.4, 0.5) is 4.39 Å². The predicted molar refractivity (Wildman–Crippen MR) is 123 cm³/mol. The summed E-state index contributed by atoms with van der Waals surface area (Å²) in [6.07, 6.45) is 0.683. The van der Waals surface area contributed by atoms with Crippen LogP contribution in [0.1, 0.15) is 45.4 Å². The molecule has 34 heavy (non-hydrogen) atoms. The number of amides is 2. The summed E-state index contributed by atoms with van der Waals surface area (Å²) in [7, 11) is 1.56. The van der Waals surface area contributed by atoms with Crippen molar-refractivity contribution in [2.75, 3.05) is 20.3 Å². The Bertz CT molecular complexity index is 1190. The third-order valence-corrected chi connectivity index (χ3v) is 5.56. The van der Waals surface area contributed by atoms with Gasteiger partial charge in [0.05, 0.1) is 13.7 Å². The van der Waals surface area contributed by atoms with Crippen molar-refractivity contribution in [2.45, 2.75) is 33.0 Å². The summed E-state index contributed by atoms with van der Waals surface area (Å²) in [5.41, 5.74) is 2.08. The first kappa shape index (κ1) is 23.3. The maximum atomic E-state index is 13.5. The lowest BCUT2D eigenvalue weighted by atomic mass is 10.2. The molecule has 2 heterocycles. The molecule has 4 rings (SSSR count). The fourth-order valence-corrected chi connectivity index (χ4v) is 3.92. The van der Waals surface area contributed by atoms with Gasteiger partial charge in [-0.05, 0) is 48.7 Å². The summed E-state index contributed by atoms with van der Waals surface area (Å²) < 4.78 is 26.0. The third kappa shape index (κ3) is 5.19. The Morgan fingerprint density at radius 1 is 1.12 bits per heavy atom. The van der Waals surface area contributed by atoms with E-state index in [0.29, 0.717) is 55.4 Å². The van der Waals surface area contributed by atoms with Crippen molar-refractivity contribution in [2.24, 2.45) is 0 Å². The second-order valence-corrected chi connectivity index (χ2v) is 7.95. The lowest BCUT2D eigenvalue weighted by Gasteiger charge is -2.20. The number of carbonyl (C=O) groups excluding carboxylic acids is 2. The lowest BCUT2D eigenvalue weighted by Crippen LogP contribution is -2.30. The minimum Gasteiger partial charge on any atom is -0.493 e. The number of halogens is 1. The van der Waals surface area contributed by atoms with Crippen LogP contribution in [0.15, 0.2) is 48.5 Å². The minimum absolute atomic E-state index is 0.175. The van der Waals surface area contributed by atoms with Crippen molar-refractivity contribution in [1.29, 1.82) is 0 Å². The first-order chi connectivity index (χ1) is 16.5. The molecule has 1 aromatic heterocycles. The standard InChI is InChI=1S/C25H27FN4O4/c1-3-34-22-9-8-17(13-23(22)33-2)15-27-24(31)20-14-21-25(32)29(10-5-11-30(21)28-20)16-18-6-4-7-19(26)12-18/h4,6-9,12-14H,3,5,10-11,15-16H2,1-2H3,(H,27,31). The van der Waals surface area contributed by atoms with Gasteiger partial charge in [-0.15, -0.1) is 0 Å². The van der Waals surface area contributed by atoms with Crippen LogP contribution in [0, 0.1) is 5.82 Å².